The molecular weight excluding hydrogens is 390 g/mol. The van der Waals surface area contributed by atoms with Gasteiger partial charge in [-0.25, -0.2) is 8.42 Å². The molecule has 29 heavy (non-hydrogen) atoms. The second-order valence-corrected chi connectivity index (χ2v) is 11.0. The second kappa shape index (κ2) is 6.53. The number of fused-ring (bicyclic) bond motifs is 1. The SMILES string of the molecule is N#CC1(NC(=O)c2ccc(S(=O)(=O)N3C[C@@H]4C[C@H]5C[C@H]4[C@@H]3[C@@H]5O)cc2)CCCC1. The summed E-state index contributed by atoms with van der Waals surface area (Å²) in [6, 6.07) is 7.82. The van der Waals surface area contributed by atoms with Crippen LogP contribution in [-0.4, -0.2) is 48.0 Å². The fourth-order valence-corrected chi connectivity index (χ4v) is 7.82. The average Bonchev–Trinajstić information content (AvgIpc) is 3.45. The van der Waals surface area contributed by atoms with Crippen molar-refractivity contribution in [3.05, 3.63) is 29.8 Å². The zero-order valence-electron chi connectivity index (χ0n) is 16.1. The van der Waals surface area contributed by atoms with Gasteiger partial charge < -0.3 is 10.4 Å². The summed E-state index contributed by atoms with van der Waals surface area (Å²) in [5.74, 6) is 0.486. The largest absolute Gasteiger partial charge is 0.391 e. The lowest BCUT2D eigenvalue weighted by atomic mass is 9.88. The molecule has 5 atom stereocenters. The van der Waals surface area contributed by atoms with E-state index in [1.165, 1.54) is 28.6 Å². The lowest BCUT2D eigenvalue weighted by Crippen LogP contribution is -2.45. The van der Waals surface area contributed by atoms with E-state index in [1.807, 2.05) is 0 Å². The third kappa shape index (κ3) is 2.82. The van der Waals surface area contributed by atoms with Gasteiger partial charge in [0.1, 0.15) is 5.54 Å². The molecule has 4 fully saturated rings. The minimum absolute atomic E-state index is 0.141. The number of sulfonamides is 1. The number of nitrogens with one attached hydrogen (secondary N) is 1. The maximum Gasteiger partial charge on any atom is 0.252 e. The molecule has 1 aromatic carbocycles. The van der Waals surface area contributed by atoms with Crippen LogP contribution in [0.25, 0.3) is 0 Å². The van der Waals surface area contributed by atoms with E-state index in [4.69, 9.17) is 0 Å². The Morgan fingerprint density at radius 3 is 2.48 bits per heavy atom. The first kappa shape index (κ1) is 19.0. The number of rotatable bonds is 4. The molecule has 1 aliphatic heterocycles. The van der Waals surface area contributed by atoms with Crippen molar-refractivity contribution in [2.24, 2.45) is 17.8 Å². The van der Waals surface area contributed by atoms with Gasteiger partial charge in [0, 0.05) is 12.1 Å². The Hall–Kier alpha value is -1.95. The molecule has 5 rings (SSSR count). The number of hydrogen-bond donors (Lipinski definition) is 2. The fourth-order valence-electron chi connectivity index (χ4n) is 6.08. The molecular formula is C21H25N3O4S. The minimum Gasteiger partial charge on any atom is -0.391 e. The number of benzene rings is 1. The van der Waals surface area contributed by atoms with E-state index in [0.29, 0.717) is 30.9 Å². The molecule has 3 saturated carbocycles. The molecule has 0 spiro atoms. The van der Waals surface area contributed by atoms with Crippen LogP contribution in [0.15, 0.2) is 29.2 Å². The van der Waals surface area contributed by atoms with Crippen molar-refractivity contribution in [2.75, 3.05) is 6.54 Å². The molecule has 3 aliphatic carbocycles. The lowest BCUT2D eigenvalue weighted by Gasteiger charge is -2.28. The van der Waals surface area contributed by atoms with E-state index in [9.17, 15) is 23.6 Å². The molecule has 1 heterocycles. The Kier molecular flexibility index (Phi) is 4.28. The number of aliphatic hydroxyl groups is 1. The highest BCUT2D eigenvalue weighted by Gasteiger charge is 2.61. The Morgan fingerprint density at radius 1 is 1.17 bits per heavy atom. The van der Waals surface area contributed by atoms with E-state index in [1.54, 1.807) is 0 Å². The van der Waals surface area contributed by atoms with Crippen LogP contribution < -0.4 is 5.32 Å². The smallest absolute Gasteiger partial charge is 0.252 e. The number of hydrogen-bond acceptors (Lipinski definition) is 5. The van der Waals surface area contributed by atoms with E-state index in [0.717, 1.165) is 25.7 Å². The highest BCUT2D eigenvalue weighted by Crippen LogP contribution is 2.56. The summed E-state index contributed by atoms with van der Waals surface area (Å²) in [6.07, 6.45) is 4.36. The number of carbonyl (C=O) groups is 1. The van der Waals surface area contributed by atoms with Gasteiger partial charge in [-0.15, -0.1) is 0 Å². The Bertz CT molecular complexity index is 976. The lowest BCUT2D eigenvalue weighted by molar-refractivity contribution is 0.0731. The van der Waals surface area contributed by atoms with Crippen molar-refractivity contribution in [3.63, 3.8) is 0 Å². The summed E-state index contributed by atoms with van der Waals surface area (Å²) in [5.41, 5.74) is -0.473. The van der Waals surface area contributed by atoms with Crippen molar-refractivity contribution < 1.29 is 18.3 Å². The molecule has 0 aromatic heterocycles. The van der Waals surface area contributed by atoms with E-state index in [2.05, 4.69) is 11.4 Å². The van der Waals surface area contributed by atoms with Gasteiger partial charge in [0.2, 0.25) is 10.0 Å². The van der Waals surface area contributed by atoms with Crippen LogP contribution in [0.1, 0.15) is 48.9 Å². The standard InChI is InChI=1S/C21H25N3O4S/c22-12-21(7-1-2-8-21)23-20(26)13-3-5-16(6-4-13)29(27,28)24-11-15-9-14-10-17(15)18(24)19(14)25/h3-6,14-15,17-19,25H,1-2,7-11H2,(H,23,26)/t14-,15-,17+,18+,19+/m0/s1. The first-order valence-electron chi connectivity index (χ1n) is 10.4. The molecule has 2 N–H and O–H groups in total. The predicted molar refractivity (Wildman–Crippen MR) is 104 cm³/mol. The van der Waals surface area contributed by atoms with Crippen molar-refractivity contribution >= 4 is 15.9 Å². The zero-order valence-corrected chi connectivity index (χ0v) is 16.9. The van der Waals surface area contributed by atoms with Crippen LogP contribution in [0.3, 0.4) is 0 Å². The third-order valence-electron chi connectivity index (χ3n) is 7.55. The molecule has 1 aromatic rings. The molecule has 1 saturated heterocycles. The maximum absolute atomic E-state index is 13.2. The van der Waals surface area contributed by atoms with Crippen LogP contribution in [-0.2, 0) is 10.0 Å². The predicted octanol–water partition coefficient (Wildman–Crippen LogP) is 1.64. The Labute approximate surface area is 170 Å². The first-order chi connectivity index (χ1) is 13.8. The normalized spacial score (nSPS) is 35.0. The van der Waals surface area contributed by atoms with Crippen molar-refractivity contribution in [1.29, 1.82) is 5.26 Å². The number of carbonyl (C=O) groups excluding carboxylic acids is 1. The van der Waals surface area contributed by atoms with Gasteiger partial charge in [-0.1, -0.05) is 0 Å². The first-order valence-corrected chi connectivity index (χ1v) is 11.8. The summed E-state index contributed by atoms with van der Waals surface area (Å²) in [5, 5.41) is 22.8. The van der Waals surface area contributed by atoms with Crippen molar-refractivity contribution in [2.45, 2.75) is 61.1 Å². The highest BCUT2D eigenvalue weighted by atomic mass is 32.2. The van der Waals surface area contributed by atoms with Gasteiger partial charge in [-0.3, -0.25) is 4.79 Å². The number of nitriles is 1. The van der Waals surface area contributed by atoms with Crippen molar-refractivity contribution in [3.8, 4) is 6.07 Å². The molecule has 1 amide bonds. The van der Waals surface area contributed by atoms with Crippen LogP contribution >= 0.6 is 0 Å². The van der Waals surface area contributed by atoms with Crippen molar-refractivity contribution in [1.82, 2.24) is 9.62 Å². The van der Waals surface area contributed by atoms with Gasteiger partial charge in [0.15, 0.2) is 0 Å². The molecule has 154 valence electrons. The molecule has 4 aliphatic rings. The summed E-state index contributed by atoms with van der Waals surface area (Å²) in [6.45, 7) is 0.470. The molecule has 8 heteroatoms. The number of nitrogens with zero attached hydrogens (tertiary/aromatic N) is 2. The molecule has 0 unspecified atom stereocenters. The van der Waals surface area contributed by atoms with E-state index < -0.39 is 21.7 Å². The van der Waals surface area contributed by atoms with Crippen LogP contribution in [0.2, 0.25) is 0 Å². The summed E-state index contributed by atoms with van der Waals surface area (Å²) < 4.78 is 27.9. The molecule has 0 radical (unpaired) electrons. The van der Waals surface area contributed by atoms with Crippen LogP contribution in [0.4, 0.5) is 0 Å². The fraction of sp³-hybridized carbons (Fsp3) is 0.619. The second-order valence-electron chi connectivity index (χ2n) is 9.09. The van der Waals surface area contributed by atoms with Gasteiger partial charge in [0.25, 0.3) is 5.91 Å². The third-order valence-corrected chi connectivity index (χ3v) is 9.43. The number of amides is 1. The zero-order chi connectivity index (χ0) is 20.4. The summed E-state index contributed by atoms with van der Waals surface area (Å²) >= 11 is 0. The van der Waals surface area contributed by atoms with E-state index in [-0.39, 0.29) is 28.7 Å². The molecule has 7 nitrogen and oxygen atoms in total. The Balaban J connectivity index is 1.35. The monoisotopic (exact) mass is 415 g/mol. The summed E-state index contributed by atoms with van der Waals surface area (Å²) in [7, 11) is -3.72. The van der Waals surface area contributed by atoms with Gasteiger partial charge >= 0.3 is 0 Å². The maximum atomic E-state index is 13.2. The topological polar surface area (TPSA) is 110 Å². The minimum atomic E-state index is -3.72. The van der Waals surface area contributed by atoms with E-state index >= 15 is 0 Å². The van der Waals surface area contributed by atoms with Gasteiger partial charge in [-0.2, -0.15) is 9.57 Å². The highest BCUT2D eigenvalue weighted by molar-refractivity contribution is 7.89. The van der Waals surface area contributed by atoms with Crippen LogP contribution in [0.5, 0.6) is 0 Å². The average molecular weight is 416 g/mol. The van der Waals surface area contributed by atoms with Gasteiger partial charge in [-0.05, 0) is 80.5 Å². The summed E-state index contributed by atoms with van der Waals surface area (Å²) in [4.78, 5) is 12.7. The Morgan fingerprint density at radius 2 is 1.86 bits per heavy atom. The quantitative estimate of drug-likeness (QED) is 0.777. The van der Waals surface area contributed by atoms with Gasteiger partial charge in [0.05, 0.1) is 23.1 Å². The molecule has 2 bridgehead atoms. The van der Waals surface area contributed by atoms with Crippen LogP contribution in [0, 0.1) is 29.1 Å². The number of aliphatic hydroxyl groups excluding tert-OH is 1.